The van der Waals surface area contributed by atoms with E-state index >= 15 is 0 Å². The molecule has 8 aromatic rings. The Balaban J connectivity index is 0.000000241. The number of benzene rings is 4. The van der Waals surface area contributed by atoms with Crippen LogP contribution in [-0.4, -0.2) is 19.5 Å². The van der Waals surface area contributed by atoms with E-state index in [1.165, 1.54) is 12.1 Å². The van der Waals surface area contributed by atoms with Gasteiger partial charge in [-0.2, -0.15) is 0 Å². The van der Waals surface area contributed by atoms with E-state index in [0.29, 0.717) is 17.0 Å². The molecular formula is C39H29FIrN4O-2. The van der Waals surface area contributed by atoms with Crippen molar-refractivity contribution in [3.8, 4) is 28.3 Å². The van der Waals surface area contributed by atoms with Crippen molar-refractivity contribution in [3.05, 3.63) is 145 Å². The number of para-hydroxylation sites is 1. The Labute approximate surface area is 280 Å². The van der Waals surface area contributed by atoms with E-state index in [9.17, 15) is 4.39 Å². The molecular weight excluding hydrogens is 752 g/mol. The van der Waals surface area contributed by atoms with Crippen molar-refractivity contribution in [1.29, 1.82) is 0 Å². The van der Waals surface area contributed by atoms with Gasteiger partial charge in [-0.05, 0) is 42.1 Å². The summed E-state index contributed by atoms with van der Waals surface area (Å²) in [6.07, 6.45) is 3.67. The van der Waals surface area contributed by atoms with E-state index in [4.69, 9.17) is 14.4 Å². The number of hydrogen-bond acceptors (Lipinski definition) is 4. The molecule has 0 spiro atoms. The second-order valence-corrected chi connectivity index (χ2v) is 11.7. The fourth-order valence-electron chi connectivity index (χ4n) is 5.35. The molecule has 0 fully saturated rings. The molecule has 0 saturated heterocycles. The smallest absolute Gasteiger partial charge is 0.126 e. The standard InChI is InChI=1S/C28H21FN3O.C11H8N.Ir/c1-28(2,3)25-15-22-23(16-30-25)32(18-8-5-4-6-9-18)27(31-22)21-11-7-10-20-19-13-12-17(29)14-24(19)33-26(20)21;1-2-6-10(7-3-1)11-8-4-5-9-12-11;/h4-10,12-16H,1-3H3;1-6,8-9H;/q2*-1;. The summed E-state index contributed by atoms with van der Waals surface area (Å²) in [6.45, 7) is 6.41. The number of halogens is 1. The summed E-state index contributed by atoms with van der Waals surface area (Å²) in [4.78, 5) is 14.0. The number of furan rings is 1. The van der Waals surface area contributed by atoms with Crippen LogP contribution in [0, 0.1) is 17.9 Å². The molecule has 8 rings (SSSR count). The van der Waals surface area contributed by atoms with Gasteiger partial charge in [0.05, 0.1) is 28.6 Å². The molecule has 0 aliphatic rings. The third-order valence-electron chi connectivity index (χ3n) is 7.59. The maximum atomic E-state index is 13.9. The Morgan fingerprint density at radius 3 is 2.33 bits per heavy atom. The van der Waals surface area contributed by atoms with E-state index in [-0.39, 0.29) is 31.3 Å². The summed E-state index contributed by atoms with van der Waals surface area (Å²) in [6, 6.07) is 40.7. The molecule has 1 radical (unpaired) electrons. The Morgan fingerprint density at radius 1 is 0.783 bits per heavy atom. The Hall–Kier alpha value is -4.97. The minimum Gasteiger partial charge on any atom is -0.500 e. The number of fused-ring (bicyclic) bond motifs is 4. The van der Waals surface area contributed by atoms with Gasteiger partial charge in [0, 0.05) is 54.6 Å². The van der Waals surface area contributed by atoms with Gasteiger partial charge in [-0.25, -0.2) is 4.39 Å². The van der Waals surface area contributed by atoms with Gasteiger partial charge in [0.15, 0.2) is 0 Å². The van der Waals surface area contributed by atoms with Crippen molar-refractivity contribution in [2.24, 2.45) is 0 Å². The zero-order valence-electron chi connectivity index (χ0n) is 25.5. The average molecular weight is 781 g/mol. The van der Waals surface area contributed by atoms with Crippen molar-refractivity contribution in [2.45, 2.75) is 26.2 Å². The predicted octanol–water partition coefficient (Wildman–Crippen LogP) is 9.77. The van der Waals surface area contributed by atoms with Crippen LogP contribution >= 0.6 is 0 Å². The molecule has 4 heterocycles. The molecule has 7 heteroatoms. The Kier molecular flexibility index (Phi) is 8.63. The molecule has 0 aliphatic carbocycles. The van der Waals surface area contributed by atoms with Crippen LogP contribution in [-0.2, 0) is 25.5 Å². The van der Waals surface area contributed by atoms with E-state index in [1.807, 2.05) is 97.2 Å². The zero-order chi connectivity index (χ0) is 31.0. The van der Waals surface area contributed by atoms with E-state index in [1.54, 1.807) is 12.3 Å². The normalized spacial score (nSPS) is 11.3. The van der Waals surface area contributed by atoms with Gasteiger partial charge >= 0.3 is 0 Å². The van der Waals surface area contributed by atoms with Crippen LogP contribution in [0.4, 0.5) is 4.39 Å². The van der Waals surface area contributed by atoms with Gasteiger partial charge in [0.25, 0.3) is 0 Å². The fourth-order valence-corrected chi connectivity index (χ4v) is 5.35. The quantitative estimate of drug-likeness (QED) is 0.168. The molecule has 4 aromatic carbocycles. The topological polar surface area (TPSA) is 56.7 Å². The third kappa shape index (κ3) is 6.00. The molecule has 46 heavy (non-hydrogen) atoms. The molecule has 0 saturated carbocycles. The van der Waals surface area contributed by atoms with Crippen LogP contribution in [0.5, 0.6) is 0 Å². The number of nitrogens with zero attached hydrogens (tertiary/aromatic N) is 4. The van der Waals surface area contributed by atoms with Gasteiger partial charge in [-0.3, -0.25) is 9.97 Å². The molecule has 4 aromatic heterocycles. The van der Waals surface area contributed by atoms with Gasteiger partial charge < -0.3 is 14.0 Å². The number of hydrogen-bond donors (Lipinski definition) is 0. The third-order valence-corrected chi connectivity index (χ3v) is 7.59. The first-order chi connectivity index (χ1) is 21.9. The summed E-state index contributed by atoms with van der Waals surface area (Å²) in [5.74, 6) is 0.374. The van der Waals surface area contributed by atoms with Crippen LogP contribution < -0.4 is 0 Å². The van der Waals surface area contributed by atoms with Crippen molar-refractivity contribution in [2.75, 3.05) is 0 Å². The van der Waals surface area contributed by atoms with Gasteiger partial charge in [-0.1, -0.05) is 62.1 Å². The summed E-state index contributed by atoms with van der Waals surface area (Å²) in [5.41, 5.74) is 7.46. The SMILES string of the molecule is CC(C)(C)c1cc2nc(-c3[c-]ccc4c3oc3cc(F)ccc34)n(-c3ccccc3)c2cn1.[Ir].[c-]1ccccc1-c1ccccn1. The van der Waals surface area contributed by atoms with Crippen LogP contribution in [0.1, 0.15) is 26.5 Å². The second kappa shape index (κ2) is 12.8. The number of rotatable bonds is 3. The van der Waals surface area contributed by atoms with Crippen molar-refractivity contribution < 1.29 is 28.9 Å². The molecule has 5 nitrogen and oxygen atoms in total. The molecule has 0 N–H and O–H groups in total. The van der Waals surface area contributed by atoms with Gasteiger partial charge in [-0.15, -0.1) is 54.1 Å². The molecule has 0 amide bonds. The van der Waals surface area contributed by atoms with Gasteiger partial charge in [0.2, 0.25) is 0 Å². The summed E-state index contributed by atoms with van der Waals surface area (Å²) in [7, 11) is 0. The van der Waals surface area contributed by atoms with Crippen molar-refractivity contribution >= 4 is 33.0 Å². The minimum atomic E-state index is -0.329. The van der Waals surface area contributed by atoms with E-state index < -0.39 is 0 Å². The fraction of sp³-hybridized carbons (Fsp3) is 0.103. The molecule has 0 aliphatic heterocycles. The van der Waals surface area contributed by atoms with E-state index in [2.05, 4.69) is 42.5 Å². The number of imidazole rings is 1. The van der Waals surface area contributed by atoms with Gasteiger partial charge in [0.1, 0.15) is 11.4 Å². The van der Waals surface area contributed by atoms with Crippen LogP contribution in [0.3, 0.4) is 0 Å². The van der Waals surface area contributed by atoms with Crippen LogP contribution in [0.25, 0.3) is 61.3 Å². The zero-order valence-corrected chi connectivity index (χ0v) is 27.9. The first-order valence-electron chi connectivity index (χ1n) is 14.7. The Bertz CT molecular complexity index is 2220. The molecule has 0 bridgehead atoms. The molecule has 229 valence electrons. The summed E-state index contributed by atoms with van der Waals surface area (Å²) in [5, 5.41) is 1.76. The first kappa shape index (κ1) is 31.0. The van der Waals surface area contributed by atoms with Crippen LogP contribution in [0.2, 0.25) is 0 Å². The number of pyridine rings is 2. The number of aromatic nitrogens is 4. The Morgan fingerprint density at radius 2 is 1.59 bits per heavy atom. The maximum Gasteiger partial charge on any atom is 0.126 e. The monoisotopic (exact) mass is 781 g/mol. The van der Waals surface area contributed by atoms with Crippen molar-refractivity contribution in [1.82, 2.24) is 19.5 Å². The minimum absolute atomic E-state index is 0. The maximum absolute atomic E-state index is 13.9. The molecule has 0 atom stereocenters. The van der Waals surface area contributed by atoms with Crippen molar-refractivity contribution in [3.63, 3.8) is 0 Å². The predicted molar refractivity (Wildman–Crippen MR) is 178 cm³/mol. The largest absolute Gasteiger partial charge is 0.500 e. The molecule has 0 unspecified atom stereocenters. The second-order valence-electron chi connectivity index (χ2n) is 11.7. The average Bonchev–Trinajstić information content (AvgIpc) is 3.63. The first-order valence-corrected chi connectivity index (χ1v) is 14.7. The summed E-state index contributed by atoms with van der Waals surface area (Å²) >= 11 is 0. The van der Waals surface area contributed by atoms with Crippen LogP contribution in [0.15, 0.2) is 126 Å². The van der Waals surface area contributed by atoms with E-state index in [0.717, 1.165) is 50.0 Å². The summed E-state index contributed by atoms with van der Waals surface area (Å²) < 4.78 is 22.1.